The van der Waals surface area contributed by atoms with Crippen LogP contribution in [0.3, 0.4) is 0 Å². The second-order valence-electron chi connectivity index (χ2n) is 3.78. The minimum absolute atomic E-state index is 0.0735. The molecule has 1 N–H and O–H groups in total. The highest BCUT2D eigenvalue weighted by Gasteiger charge is 2.30. The number of anilines is 1. The van der Waals surface area contributed by atoms with Crippen LogP contribution < -0.4 is 10.2 Å². The standard InChI is InChI=1S/C12H13N3O/c1-14-11-6-7-15(12(11)16)10-4-2-9(8-13)3-5-10/h2-5,11,14H,6-7H2,1H3. The first-order valence-electron chi connectivity index (χ1n) is 5.25. The van der Waals surface area contributed by atoms with Gasteiger partial charge >= 0.3 is 0 Å². The van der Waals surface area contributed by atoms with Gasteiger partial charge < -0.3 is 10.2 Å². The maximum absolute atomic E-state index is 11.9. The molecule has 1 fully saturated rings. The lowest BCUT2D eigenvalue weighted by Crippen LogP contribution is -2.36. The third-order valence-corrected chi connectivity index (χ3v) is 2.86. The van der Waals surface area contributed by atoms with Gasteiger partial charge in [-0.25, -0.2) is 0 Å². The molecule has 82 valence electrons. The molecule has 2 rings (SSSR count). The summed E-state index contributed by atoms with van der Waals surface area (Å²) in [6.07, 6.45) is 0.829. The third-order valence-electron chi connectivity index (χ3n) is 2.86. The zero-order chi connectivity index (χ0) is 11.5. The molecule has 0 saturated carbocycles. The van der Waals surface area contributed by atoms with Crippen LogP contribution in [0.25, 0.3) is 0 Å². The van der Waals surface area contributed by atoms with E-state index >= 15 is 0 Å². The molecule has 1 aromatic rings. The van der Waals surface area contributed by atoms with Gasteiger partial charge in [0.15, 0.2) is 0 Å². The smallest absolute Gasteiger partial charge is 0.244 e. The zero-order valence-corrected chi connectivity index (χ0v) is 9.10. The zero-order valence-electron chi connectivity index (χ0n) is 9.10. The van der Waals surface area contributed by atoms with Crippen molar-refractivity contribution in [1.29, 1.82) is 5.26 Å². The topological polar surface area (TPSA) is 56.1 Å². The van der Waals surface area contributed by atoms with Crippen LogP contribution in [0, 0.1) is 11.3 Å². The number of benzene rings is 1. The molecule has 1 aromatic carbocycles. The van der Waals surface area contributed by atoms with Crippen molar-refractivity contribution in [2.45, 2.75) is 12.5 Å². The van der Waals surface area contributed by atoms with Gasteiger partial charge in [0.2, 0.25) is 5.91 Å². The van der Waals surface area contributed by atoms with Crippen molar-refractivity contribution in [3.8, 4) is 6.07 Å². The Morgan fingerprint density at radius 2 is 2.12 bits per heavy atom. The number of amides is 1. The van der Waals surface area contributed by atoms with E-state index in [1.807, 2.05) is 12.1 Å². The van der Waals surface area contributed by atoms with Gasteiger partial charge in [0.25, 0.3) is 0 Å². The van der Waals surface area contributed by atoms with Gasteiger partial charge in [0.1, 0.15) is 0 Å². The van der Waals surface area contributed by atoms with Crippen LogP contribution in [0.2, 0.25) is 0 Å². The number of nitriles is 1. The monoisotopic (exact) mass is 215 g/mol. The molecule has 1 heterocycles. The van der Waals surface area contributed by atoms with E-state index in [2.05, 4.69) is 11.4 Å². The summed E-state index contributed by atoms with van der Waals surface area (Å²) in [5, 5.41) is 11.7. The van der Waals surface area contributed by atoms with E-state index in [1.165, 1.54) is 0 Å². The summed E-state index contributed by atoms with van der Waals surface area (Å²) in [4.78, 5) is 13.6. The molecule has 1 unspecified atom stereocenters. The van der Waals surface area contributed by atoms with Crippen molar-refractivity contribution < 1.29 is 4.79 Å². The number of rotatable bonds is 2. The molecular formula is C12H13N3O. The summed E-state index contributed by atoms with van der Waals surface area (Å²) in [6, 6.07) is 9.08. The van der Waals surface area contributed by atoms with E-state index in [0.717, 1.165) is 18.7 Å². The average molecular weight is 215 g/mol. The SMILES string of the molecule is CNC1CCN(c2ccc(C#N)cc2)C1=O. The molecule has 4 nitrogen and oxygen atoms in total. The van der Waals surface area contributed by atoms with Gasteiger partial charge in [-0.3, -0.25) is 4.79 Å². The van der Waals surface area contributed by atoms with Crippen molar-refractivity contribution in [1.82, 2.24) is 5.32 Å². The fourth-order valence-corrected chi connectivity index (χ4v) is 1.92. The minimum atomic E-state index is -0.0735. The second-order valence-corrected chi connectivity index (χ2v) is 3.78. The van der Waals surface area contributed by atoms with Crippen LogP contribution in [-0.4, -0.2) is 25.5 Å². The quantitative estimate of drug-likeness (QED) is 0.796. The first-order chi connectivity index (χ1) is 7.76. The molecule has 4 heteroatoms. The van der Waals surface area contributed by atoms with Crippen LogP contribution in [0.15, 0.2) is 24.3 Å². The van der Waals surface area contributed by atoms with Crippen LogP contribution >= 0.6 is 0 Å². The highest BCUT2D eigenvalue weighted by Crippen LogP contribution is 2.21. The molecule has 0 aliphatic carbocycles. The summed E-state index contributed by atoms with van der Waals surface area (Å²) >= 11 is 0. The Morgan fingerprint density at radius 3 is 2.62 bits per heavy atom. The highest BCUT2D eigenvalue weighted by molar-refractivity contribution is 5.99. The summed E-state index contributed by atoms with van der Waals surface area (Å²) < 4.78 is 0. The largest absolute Gasteiger partial charge is 0.311 e. The third kappa shape index (κ3) is 1.77. The lowest BCUT2D eigenvalue weighted by Gasteiger charge is -2.16. The Bertz CT molecular complexity index is 433. The Labute approximate surface area is 94.5 Å². The van der Waals surface area contributed by atoms with E-state index in [4.69, 9.17) is 5.26 Å². The summed E-state index contributed by atoms with van der Waals surface area (Å²) in [5.74, 6) is 0.104. The highest BCUT2D eigenvalue weighted by atomic mass is 16.2. The van der Waals surface area contributed by atoms with Gasteiger partial charge in [-0.05, 0) is 37.7 Å². The normalized spacial score (nSPS) is 19.9. The van der Waals surface area contributed by atoms with Crippen molar-refractivity contribution >= 4 is 11.6 Å². The fourth-order valence-electron chi connectivity index (χ4n) is 1.92. The number of nitrogens with zero attached hydrogens (tertiary/aromatic N) is 2. The van der Waals surface area contributed by atoms with Crippen molar-refractivity contribution in [3.05, 3.63) is 29.8 Å². The maximum atomic E-state index is 11.9. The number of carbonyl (C=O) groups excluding carboxylic acids is 1. The van der Waals surface area contributed by atoms with Crippen LogP contribution in [0.5, 0.6) is 0 Å². The molecule has 1 amide bonds. The summed E-state index contributed by atoms with van der Waals surface area (Å²) in [6.45, 7) is 0.732. The van der Waals surface area contributed by atoms with E-state index in [0.29, 0.717) is 5.56 Å². The minimum Gasteiger partial charge on any atom is -0.311 e. The van der Waals surface area contributed by atoms with E-state index in [1.54, 1.807) is 24.1 Å². The van der Waals surface area contributed by atoms with Gasteiger partial charge in [-0.1, -0.05) is 0 Å². The van der Waals surface area contributed by atoms with E-state index in [-0.39, 0.29) is 11.9 Å². The van der Waals surface area contributed by atoms with Crippen LogP contribution in [-0.2, 0) is 4.79 Å². The van der Waals surface area contributed by atoms with Crippen molar-refractivity contribution in [2.24, 2.45) is 0 Å². The second kappa shape index (κ2) is 4.33. The molecule has 1 aliphatic rings. The molecular weight excluding hydrogens is 202 g/mol. The predicted molar refractivity (Wildman–Crippen MR) is 61.0 cm³/mol. The molecule has 1 aliphatic heterocycles. The van der Waals surface area contributed by atoms with Gasteiger partial charge in [-0.2, -0.15) is 5.26 Å². The number of carbonyl (C=O) groups is 1. The fraction of sp³-hybridized carbons (Fsp3) is 0.333. The number of likely N-dealkylation sites (N-methyl/N-ethyl adjacent to an activating group) is 1. The van der Waals surface area contributed by atoms with E-state index in [9.17, 15) is 4.79 Å². The van der Waals surface area contributed by atoms with E-state index < -0.39 is 0 Å². The molecule has 1 atom stereocenters. The lowest BCUT2D eigenvalue weighted by atomic mass is 10.2. The predicted octanol–water partition coefficient (Wildman–Crippen LogP) is 0.883. The number of nitrogens with one attached hydrogen (secondary N) is 1. The summed E-state index contributed by atoms with van der Waals surface area (Å²) in [7, 11) is 1.80. The summed E-state index contributed by atoms with van der Waals surface area (Å²) in [5.41, 5.74) is 1.47. The number of hydrogen-bond acceptors (Lipinski definition) is 3. The number of hydrogen-bond donors (Lipinski definition) is 1. The first-order valence-corrected chi connectivity index (χ1v) is 5.25. The maximum Gasteiger partial charge on any atom is 0.244 e. The molecule has 0 aromatic heterocycles. The van der Waals surface area contributed by atoms with Crippen LogP contribution in [0.4, 0.5) is 5.69 Å². The van der Waals surface area contributed by atoms with Gasteiger partial charge in [0.05, 0.1) is 17.7 Å². The molecule has 1 saturated heterocycles. The molecule has 0 spiro atoms. The van der Waals surface area contributed by atoms with Crippen molar-refractivity contribution in [3.63, 3.8) is 0 Å². The van der Waals surface area contributed by atoms with Crippen molar-refractivity contribution in [2.75, 3.05) is 18.5 Å². The Balaban J connectivity index is 2.20. The first kappa shape index (κ1) is 10.7. The Hall–Kier alpha value is -1.86. The molecule has 0 radical (unpaired) electrons. The van der Waals surface area contributed by atoms with Gasteiger partial charge in [-0.15, -0.1) is 0 Å². The van der Waals surface area contributed by atoms with Crippen LogP contribution in [0.1, 0.15) is 12.0 Å². The van der Waals surface area contributed by atoms with Gasteiger partial charge in [0, 0.05) is 12.2 Å². The Morgan fingerprint density at radius 1 is 1.44 bits per heavy atom. The average Bonchev–Trinajstić information content (AvgIpc) is 2.70. The molecule has 0 bridgehead atoms. The Kier molecular flexibility index (Phi) is 2.88. The lowest BCUT2D eigenvalue weighted by molar-refractivity contribution is -0.118. The molecule has 16 heavy (non-hydrogen) atoms.